The molecule has 1 aliphatic carbocycles. The smallest absolute Gasteiger partial charge is 0.158 e. The zero-order valence-corrected chi connectivity index (χ0v) is 12.6. The fraction of sp³-hybridized carbons (Fsp3) is 0.643. The number of pyridine rings is 1. The van der Waals surface area contributed by atoms with E-state index in [0.29, 0.717) is 4.60 Å². The monoisotopic (exact) mass is 314 g/mol. The lowest BCUT2D eigenvalue weighted by Gasteiger charge is -2.17. The maximum Gasteiger partial charge on any atom is 0.158 e. The van der Waals surface area contributed by atoms with Gasteiger partial charge in [0.25, 0.3) is 0 Å². The van der Waals surface area contributed by atoms with Gasteiger partial charge in [0.1, 0.15) is 4.60 Å². The van der Waals surface area contributed by atoms with Crippen molar-refractivity contribution in [2.45, 2.75) is 45.4 Å². The molecule has 0 radical (unpaired) electrons. The van der Waals surface area contributed by atoms with Gasteiger partial charge in [0, 0.05) is 12.6 Å². The van der Waals surface area contributed by atoms with Crippen LogP contribution in [0.1, 0.15) is 51.1 Å². The molecule has 2 nitrogen and oxygen atoms in total. The number of anilines is 1. The summed E-state index contributed by atoms with van der Waals surface area (Å²) in [6, 6.07) is 1.56. The molecule has 0 saturated heterocycles. The van der Waals surface area contributed by atoms with Gasteiger partial charge in [-0.15, -0.1) is 0 Å². The minimum Gasteiger partial charge on any atom is -0.383 e. The van der Waals surface area contributed by atoms with Crippen LogP contribution in [0.4, 0.5) is 10.1 Å². The first-order chi connectivity index (χ1) is 8.58. The number of halogens is 2. The Morgan fingerprint density at radius 1 is 1.44 bits per heavy atom. The third kappa shape index (κ3) is 3.22. The third-order valence-electron chi connectivity index (χ3n) is 3.57. The van der Waals surface area contributed by atoms with Crippen LogP contribution in [0.5, 0.6) is 0 Å². The number of rotatable bonds is 4. The van der Waals surface area contributed by atoms with Crippen molar-refractivity contribution in [1.29, 1.82) is 0 Å². The van der Waals surface area contributed by atoms with Crippen LogP contribution in [0.15, 0.2) is 10.7 Å². The predicted octanol–water partition coefficient (Wildman–Crippen LogP) is 4.71. The Balaban J connectivity index is 2.12. The minimum atomic E-state index is -0.298. The Morgan fingerprint density at radius 3 is 2.72 bits per heavy atom. The Hall–Kier alpha value is -0.640. The Labute approximate surface area is 117 Å². The quantitative estimate of drug-likeness (QED) is 0.814. The fourth-order valence-corrected chi connectivity index (χ4v) is 2.84. The number of aromatic nitrogens is 1. The molecule has 1 heterocycles. The highest BCUT2D eigenvalue weighted by molar-refractivity contribution is 9.10. The van der Waals surface area contributed by atoms with Crippen molar-refractivity contribution in [3.05, 3.63) is 22.2 Å². The zero-order chi connectivity index (χ0) is 13.1. The van der Waals surface area contributed by atoms with Gasteiger partial charge in [-0.1, -0.05) is 26.7 Å². The standard InChI is InChI=1S/C14H20BrFN2/c1-9(2)13-12(7-11(16)14(15)18-13)17-8-10-5-3-4-6-10/h7,9-10,17H,3-6,8H2,1-2H3. The van der Waals surface area contributed by atoms with E-state index in [1.807, 2.05) is 0 Å². The molecular weight excluding hydrogens is 295 g/mol. The maximum atomic E-state index is 13.6. The Bertz CT molecular complexity index is 415. The van der Waals surface area contributed by atoms with Gasteiger partial charge in [-0.3, -0.25) is 0 Å². The van der Waals surface area contributed by atoms with E-state index in [-0.39, 0.29) is 11.7 Å². The molecule has 0 atom stereocenters. The second kappa shape index (κ2) is 6.00. The first-order valence-corrected chi connectivity index (χ1v) is 7.47. The van der Waals surface area contributed by atoms with Gasteiger partial charge >= 0.3 is 0 Å². The minimum absolute atomic E-state index is 0.285. The van der Waals surface area contributed by atoms with Crippen LogP contribution < -0.4 is 5.32 Å². The maximum absolute atomic E-state index is 13.6. The lowest BCUT2D eigenvalue weighted by atomic mass is 10.1. The van der Waals surface area contributed by atoms with Crippen LogP contribution >= 0.6 is 15.9 Å². The van der Waals surface area contributed by atoms with Crippen molar-refractivity contribution in [1.82, 2.24) is 4.98 Å². The summed E-state index contributed by atoms with van der Waals surface area (Å²) in [6.45, 7) is 5.09. The molecule has 18 heavy (non-hydrogen) atoms. The SMILES string of the molecule is CC(C)c1nc(Br)c(F)cc1NCC1CCCC1. The Morgan fingerprint density at radius 2 is 2.11 bits per heavy atom. The molecule has 100 valence electrons. The molecule has 1 saturated carbocycles. The van der Waals surface area contributed by atoms with Gasteiger partial charge < -0.3 is 5.32 Å². The van der Waals surface area contributed by atoms with Gasteiger partial charge in [-0.05, 0) is 40.6 Å². The molecule has 0 aliphatic heterocycles. The lowest BCUT2D eigenvalue weighted by molar-refractivity contribution is 0.576. The number of nitrogens with zero attached hydrogens (tertiary/aromatic N) is 1. The zero-order valence-electron chi connectivity index (χ0n) is 11.0. The normalized spacial score (nSPS) is 16.5. The molecule has 4 heteroatoms. The molecule has 0 bridgehead atoms. The average Bonchev–Trinajstić information content (AvgIpc) is 2.83. The van der Waals surface area contributed by atoms with E-state index >= 15 is 0 Å². The van der Waals surface area contributed by atoms with Crippen molar-refractivity contribution in [2.24, 2.45) is 5.92 Å². The van der Waals surface area contributed by atoms with E-state index < -0.39 is 0 Å². The van der Waals surface area contributed by atoms with E-state index in [4.69, 9.17) is 0 Å². The molecule has 1 aromatic heterocycles. The summed E-state index contributed by atoms with van der Waals surface area (Å²) in [7, 11) is 0. The van der Waals surface area contributed by atoms with Crippen molar-refractivity contribution in [3.8, 4) is 0 Å². The van der Waals surface area contributed by atoms with Gasteiger partial charge in [-0.2, -0.15) is 0 Å². The number of hydrogen-bond donors (Lipinski definition) is 1. The first kappa shape index (κ1) is 13.8. The number of nitrogens with one attached hydrogen (secondary N) is 1. The summed E-state index contributed by atoms with van der Waals surface area (Å²) in [6.07, 6.45) is 5.24. The third-order valence-corrected chi connectivity index (χ3v) is 4.12. The first-order valence-electron chi connectivity index (χ1n) is 6.67. The van der Waals surface area contributed by atoms with Gasteiger partial charge in [0.2, 0.25) is 0 Å². The molecule has 0 unspecified atom stereocenters. The van der Waals surface area contributed by atoms with Crippen LogP contribution in [-0.2, 0) is 0 Å². The number of hydrogen-bond acceptors (Lipinski definition) is 2. The highest BCUT2D eigenvalue weighted by Gasteiger charge is 2.17. The van der Waals surface area contributed by atoms with Crippen molar-refractivity contribution in [3.63, 3.8) is 0 Å². The van der Waals surface area contributed by atoms with E-state index in [0.717, 1.165) is 23.8 Å². The molecule has 1 aromatic rings. The second-order valence-corrected chi connectivity index (χ2v) is 6.13. The molecule has 1 N–H and O–H groups in total. The summed E-state index contributed by atoms with van der Waals surface area (Å²) in [5, 5.41) is 3.38. The van der Waals surface area contributed by atoms with Gasteiger partial charge in [-0.25, -0.2) is 9.37 Å². The van der Waals surface area contributed by atoms with Crippen LogP contribution in [-0.4, -0.2) is 11.5 Å². The van der Waals surface area contributed by atoms with Crippen LogP contribution in [0.2, 0.25) is 0 Å². The lowest BCUT2D eigenvalue weighted by Crippen LogP contribution is -2.14. The molecular formula is C14H20BrFN2. The van der Waals surface area contributed by atoms with Crippen LogP contribution in [0.25, 0.3) is 0 Å². The second-order valence-electron chi connectivity index (χ2n) is 5.38. The summed E-state index contributed by atoms with van der Waals surface area (Å²) >= 11 is 3.15. The van der Waals surface area contributed by atoms with E-state index in [1.165, 1.54) is 25.7 Å². The predicted molar refractivity (Wildman–Crippen MR) is 76.4 cm³/mol. The summed E-state index contributed by atoms with van der Waals surface area (Å²) in [5.41, 5.74) is 1.78. The highest BCUT2D eigenvalue weighted by Crippen LogP contribution is 2.29. The largest absolute Gasteiger partial charge is 0.383 e. The van der Waals surface area contributed by atoms with Crippen molar-refractivity contribution >= 4 is 21.6 Å². The molecule has 2 rings (SSSR count). The highest BCUT2D eigenvalue weighted by atomic mass is 79.9. The molecule has 0 aromatic carbocycles. The van der Waals surface area contributed by atoms with Crippen LogP contribution in [0.3, 0.4) is 0 Å². The van der Waals surface area contributed by atoms with E-state index in [1.54, 1.807) is 6.07 Å². The Kier molecular flexibility index (Phi) is 4.60. The van der Waals surface area contributed by atoms with Crippen molar-refractivity contribution in [2.75, 3.05) is 11.9 Å². The van der Waals surface area contributed by atoms with Crippen LogP contribution in [0, 0.1) is 11.7 Å². The fourth-order valence-electron chi connectivity index (χ4n) is 2.53. The molecule has 0 spiro atoms. The van der Waals surface area contributed by atoms with Gasteiger partial charge in [0.05, 0.1) is 11.4 Å². The molecule has 1 fully saturated rings. The molecule has 1 aliphatic rings. The van der Waals surface area contributed by atoms with Crippen molar-refractivity contribution < 1.29 is 4.39 Å². The average molecular weight is 315 g/mol. The summed E-state index contributed by atoms with van der Waals surface area (Å²) < 4.78 is 13.9. The van der Waals surface area contributed by atoms with Gasteiger partial charge in [0.15, 0.2) is 5.82 Å². The van der Waals surface area contributed by atoms with E-state index in [2.05, 4.69) is 40.1 Å². The summed E-state index contributed by atoms with van der Waals surface area (Å²) in [4.78, 5) is 4.30. The summed E-state index contributed by atoms with van der Waals surface area (Å²) in [5.74, 6) is 0.720. The van der Waals surface area contributed by atoms with E-state index in [9.17, 15) is 4.39 Å². The topological polar surface area (TPSA) is 24.9 Å². The molecule has 0 amide bonds.